The van der Waals surface area contributed by atoms with Crippen LogP contribution >= 0.6 is 11.8 Å². The number of H-pyrrole nitrogens is 1. The lowest BCUT2D eigenvalue weighted by Crippen LogP contribution is -2.25. The van der Waals surface area contributed by atoms with Crippen molar-refractivity contribution in [2.75, 3.05) is 0 Å². The normalized spacial score (nSPS) is 15.0. The molecule has 0 bridgehead atoms. The second kappa shape index (κ2) is 5.17. The molecule has 1 aliphatic rings. The molecule has 0 saturated heterocycles. The van der Waals surface area contributed by atoms with E-state index in [1.54, 1.807) is 0 Å². The molecule has 1 aromatic heterocycles. The summed E-state index contributed by atoms with van der Waals surface area (Å²) >= 11 is 1.86. The molecule has 1 heterocycles. The summed E-state index contributed by atoms with van der Waals surface area (Å²) in [5, 5.41) is 5.95. The van der Waals surface area contributed by atoms with Crippen molar-refractivity contribution in [1.82, 2.24) is 4.98 Å². The van der Waals surface area contributed by atoms with Crippen LogP contribution in [0.2, 0.25) is 0 Å². The topological polar surface area (TPSA) is 32.9 Å². The molecule has 1 fully saturated rings. The van der Waals surface area contributed by atoms with Crippen LogP contribution < -0.4 is 10.9 Å². The lowest BCUT2D eigenvalue weighted by molar-refractivity contribution is 0.748. The first-order valence-electron chi connectivity index (χ1n) is 7.91. The van der Waals surface area contributed by atoms with Crippen molar-refractivity contribution in [1.29, 1.82) is 0 Å². The first-order valence-corrected chi connectivity index (χ1v) is 8.79. The Balaban J connectivity index is 2.17. The molecule has 4 rings (SSSR count). The molecule has 0 spiro atoms. The van der Waals surface area contributed by atoms with Gasteiger partial charge in [0.05, 0.1) is 0 Å². The lowest BCUT2D eigenvalue weighted by Gasteiger charge is -2.18. The van der Waals surface area contributed by atoms with Crippen LogP contribution in [0.25, 0.3) is 27.1 Å². The molecule has 0 amide bonds. The fraction of sp³-hybridized carbons (Fsp3) is 0.316. The Bertz CT molecular complexity index is 978. The molecule has 0 aliphatic heterocycles. The second-order valence-electron chi connectivity index (χ2n) is 6.29. The van der Waals surface area contributed by atoms with Crippen molar-refractivity contribution < 1.29 is 0 Å². The molecular weight excluding hydrogens is 290 g/mol. The van der Waals surface area contributed by atoms with Gasteiger partial charge in [-0.05, 0) is 42.4 Å². The van der Waals surface area contributed by atoms with Crippen molar-refractivity contribution >= 4 is 38.9 Å². The largest absolute Gasteiger partial charge is 0.321 e. The average molecular weight is 309 g/mol. The molecule has 3 aromatic rings. The highest BCUT2D eigenvalue weighted by Crippen LogP contribution is 2.34. The standard InChI is InChI=1S/C19H19NOS/c1-11(2)22-16-10-9-14-17-13(16)7-4-8-15(17)19(21)20-18(14)12-5-3-6-12/h4,7-11H,3,5-6H2,1-2H3,(H,20,21). The Kier molecular flexibility index (Phi) is 3.26. The highest BCUT2D eigenvalue weighted by molar-refractivity contribution is 8.00. The molecule has 1 N–H and O–H groups in total. The minimum Gasteiger partial charge on any atom is -0.321 e. The first-order chi connectivity index (χ1) is 10.6. The van der Waals surface area contributed by atoms with E-state index in [-0.39, 0.29) is 5.56 Å². The van der Waals surface area contributed by atoms with E-state index in [1.807, 2.05) is 23.9 Å². The Labute approximate surface area is 133 Å². The zero-order valence-corrected chi connectivity index (χ0v) is 13.7. The number of pyridine rings is 1. The molecule has 2 nitrogen and oxygen atoms in total. The number of rotatable bonds is 2. The van der Waals surface area contributed by atoms with E-state index in [1.165, 1.54) is 27.7 Å². The van der Waals surface area contributed by atoms with Crippen molar-refractivity contribution in [3.8, 4) is 0 Å². The zero-order valence-electron chi connectivity index (χ0n) is 12.9. The third-order valence-corrected chi connectivity index (χ3v) is 5.51. The van der Waals surface area contributed by atoms with Crippen LogP contribution in [-0.2, 0) is 0 Å². The smallest absolute Gasteiger partial charge is 0.256 e. The second-order valence-corrected chi connectivity index (χ2v) is 7.91. The van der Waals surface area contributed by atoms with Gasteiger partial charge in [0.25, 0.3) is 5.56 Å². The summed E-state index contributed by atoms with van der Waals surface area (Å²) in [6, 6.07) is 10.5. The maximum Gasteiger partial charge on any atom is 0.256 e. The average Bonchev–Trinajstić information content (AvgIpc) is 2.43. The monoisotopic (exact) mass is 309 g/mol. The number of hydrogen-bond donors (Lipinski definition) is 1. The van der Waals surface area contributed by atoms with E-state index in [0.29, 0.717) is 5.25 Å². The summed E-state index contributed by atoms with van der Waals surface area (Å²) in [6.07, 6.45) is 3.46. The number of benzene rings is 2. The van der Waals surface area contributed by atoms with Gasteiger partial charge in [-0.1, -0.05) is 32.0 Å². The van der Waals surface area contributed by atoms with Gasteiger partial charge >= 0.3 is 0 Å². The minimum absolute atomic E-state index is 0.0409. The first kappa shape index (κ1) is 13.9. The van der Waals surface area contributed by atoms with Gasteiger partial charge in [0.1, 0.15) is 0 Å². The van der Waals surface area contributed by atoms with Crippen LogP contribution in [0.15, 0.2) is 40.0 Å². The van der Waals surface area contributed by atoms with Gasteiger partial charge in [0.15, 0.2) is 0 Å². The molecule has 0 atom stereocenters. The van der Waals surface area contributed by atoms with Crippen LogP contribution in [0.4, 0.5) is 0 Å². The van der Waals surface area contributed by atoms with Gasteiger partial charge in [-0.3, -0.25) is 4.79 Å². The molecule has 1 saturated carbocycles. The molecule has 0 radical (unpaired) electrons. The molecular formula is C19H19NOS. The highest BCUT2D eigenvalue weighted by atomic mass is 32.2. The summed E-state index contributed by atoms with van der Waals surface area (Å²) in [4.78, 5) is 16.9. The van der Waals surface area contributed by atoms with E-state index in [4.69, 9.17) is 0 Å². The molecule has 1 aliphatic carbocycles. The molecule has 2 aromatic carbocycles. The van der Waals surface area contributed by atoms with Gasteiger partial charge in [-0.15, -0.1) is 11.8 Å². The highest BCUT2D eigenvalue weighted by Gasteiger charge is 2.15. The number of aromatic amines is 1. The van der Waals surface area contributed by atoms with Crippen LogP contribution in [0, 0.1) is 0 Å². The van der Waals surface area contributed by atoms with E-state index >= 15 is 0 Å². The Morgan fingerprint density at radius 3 is 2.50 bits per heavy atom. The van der Waals surface area contributed by atoms with Crippen molar-refractivity contribution in [2.24, 2.45) is 0 Å². The summed E-state index contributed by atoms with van der Waals surface area (Å²) in [5.74, 6) is 0. The third kappa shape index (κ3) is 2.07. The SMILES string of the molecule is CC(C)Sc1ccc2c(=C3CCC3)[nH]c(=O)c3cccc1c32. The maximum atomic E-state index is 12.5. The van der Waals surface area contributed by atoms with Gasteiger partial charge in [0, 0.05) is 31.7 Å². The van der Waals surface area contributed by atoms with Gasteiger partial charge in [0.2, 0.25) is 0 Å². The fourth-order valence-corrected chi connectivity index (χ4v) is 4.22. The molecule has 0 unspecified atom stereocenters. The summed E-state index contributed by atoms with van der Waals surface area (Å²) in [5.41, 5.74) is 1.44. The van der Waals surface area contributed by atoms with E-state index in [0.717, 1.165) is 29.0 Å². The van der Waals surface area contributed by atoms with Crippen molar-refractivity contribution in [3.63, 3.8) is 0 Å². The van der Waals surface area contributed by atoms with E-state index in [2.05, 4.69) is 37.0 Å². The lowest BCUT2D eigenvalue weighted by atomic mass is 9.90. The van der Waals surface area contributed by atoms with Crippen LogP contribution in [0.3, 0.4) is 0 Å². The predicted octanol–water partition coefficient (Wildman–Crippen LogP) is 4.24. The third-order valence-electron chi connectivity index (χ3n) is 4.43. The molecule has 3 heteroatoms. The Morgan fingerprint density at radius 1 is 1.05 bits per heavy atom. The van der Waals surface area contributed by atoms with Crippen LogP contribution in [0.5, 0.6) is 0 Å². The summed E-state index contributed by atoms with van der Waals surface area (Å²) < 4.78 is 0. The predicted molar refractivity (Wildman–Crippen MR) is 95.5 cm³/mol. The number of thioether (sulfide) groups is 1. The van der Waals surface area contributed by atoms with Gasteiger partial charge in [-0.25, -0.2) is 0 Å². The Hall–Kier alpha value is -1.74. The number of nitrogens with one attached hydrogen (secondary N) is 1. The zero-order chi connectivity index (χ0) is 15.3. The summed E-state index contributed by atoms with van der Waals surface area (Å²) in [6.45, 7) is 4.41. The van der Waals surface area contributed by atoms with Crippen LogP contribution in [0.1, 0.15) is 33.1 Å². The maximum absolute atomic E-state index is 12.5. The minimum atomic E-state index is 0.0409. The van der Waals surface area contributed by atoms with Crippen molar-refractivity contribution in [2.45, 2.75) is 43.3 Å². The van der Waals surface area contributed by atoms with E-state index < -0.39 is 0 Å². The summed E-state index contributed by atoms with van der Waals surface area (Å²) in [7, 11) is 0. The van der Waals surface area contributed by atoms with Crippen molar-refractivity contribution in [3.05, 3.63) is 46.0 Å². The molecule has 22 heavy (non-hydrogen) atoms. The number of aromatic nitrogens is 1. The van der Waals surface area contributed by atoms with E-state index in [9.17, 15) is 4.79 Å². The van der Waals surface area contributed by atoms with Gasteiger partial charge < -0.3 is 4.98 Å². The van der Waals surface area contributed by atoms with Gasteiger partial charge in [-0.2, -0.15) is 0 Å². The molecule has 112 valence electrons. The quantitative estimate of drug-likeness (QED) is 0.718. The van der Waals surface area contributed by atoms with Crippen LogP contribution in [-0.4, -0.2) is 10.2 Å². The number of hydrogen-bond acceptors (Lipinski definition) is 2. The fourth-order valence-electron chi connectivity index (χ4n) is 3.26. The Morgan fingerprint density at radius 2 is 1.82 bits per heavy atom.